The van der Waals surface area contributed by atoms with Gasteiger partial charge in [-0.25, -0.2) is 0 Å². The molecule has 0 aliphatic carbocycles. The van der Waals surface area contributed by atoms with Gasteiger partial charge in [0.2, 0.25) is 0 Å². The van der Waals surface area contributed by atoms with Crippen LogP contribution in [0.1, 0.15) is 16.7 Å². The summed E-state index contributed by atoms with van der Waals surface area (Å²) in [7, 11) is -3.37. The Balaban J connectivity index is -0.000000135. The molecule has 0 aliphatic rings. The van der Waals surface area contributed by atoms with Gasteiger partial charge in [-0.2, -0.15) is 73.9 Å². The quantitative estimate of drug-likeness (QED) is 0.207. The largest absolute Gasteiger partial charge is 2.00 e. The minimum absolute atomic E-state index is 0. The van der Waals surface area contributed by atoms with Crippen molar-refractivity contribution in [1.29, 1.82) is 0 Å². The maximum atomic E-state index is 8.48. The van der Waals surface area contributed by atoms with Crippen molar-refractivity contribution in [2.45, 2.75) is 0 Å². The van der Waals surface area contributed by atoms with Crippen LogP contribution in [0.3, 0.4) is 0 Å². The van der Waals surface area contributed by atoms with E-state index in [-0.39, 0.29) is 81.9 Å². The maximum Gasteiger partial charge on any atom is 2.00 e. The molecule has 0 saturated heterocycles. The second-order valence-electron chi connectivity index (χ2n) is 4.68. The Morgan fingerprint density at radius 3 is 0.643 bits per heavy atom. The van der Waals surface area contributed by atoms with E-state index in [4.69, 9.17) is 14.7 Å². The third kappa shape index (κ3) is 28.6. The van der Waals surface area contributed by atoms with E-state index in [1.54, 1.807) is 0 Å². The van der Waals surface area contributed by atoms with Crippen LogP contribution in [-0.4, -0.2) is 0 Å². The van der Waals surface area contributed by atoms with E-state index in [2.05, 4.69) is 20.8 Å². The molecule has 0 unspecified atom stereocenters. The zero-order valence-electron chi connectivity index (χ0n) is 16.1. The molecule has 3 rings (SSSR count). The Morgan fingerprint density at radius 2 is 0.571 bits per heavy atom. The van der Waals surface area contributed by atoms with Gasteiger partial charge in [0.25, 0.3) is 0 Å². The van der Waals surface area contributed by atoms with Gasteiger partial charge in [-0.05, 0) is 0 Å². The van der Waals surface area contributed by atoms with E-state index < -0.39 is 8.60 Å². The minimum Gasteiger partial charge on any atom is -0.854 e. The molecule has 0 aromatic heterocycles. The van der Waals surface area contributed by atoms with Crippen molar-refractivity contribution in [3.05, 3.63) is 128 Å². The molecule has 0 spiro atoms. The summed E-state index contributed by atoms with van der Waals surface area (Å²) < 4.78 is 0. The second kappa shape index (κ2) is 25.4. The van der Waals surface area contributed by atoms with Crippen molar-refractivity contribution in [3.8, 4) is 0 Å². The van der Waals surface area contributed by atoms with Crippen molar-refractivity contribution in [2.24, 2.45) is 0 Å². The van der Waals surface area contributed by atoms with Crippen LogP contribution < -0.4 is 14.7 Å². The molecule has 3 nitrogen and oxygen atoms in total. The molecule has 3 aromatic carbocycles. The van der Waals surface area contributed by atoms with Crippen molar-refractivity contribution in [3.63, 3.8) is 0 Å². The van der Waals surface area contributed by atoms with E-state index >= 15 is 0 Å². The van der Waals surface area contributed by atoms with Crippen LogP contribution >= 0.6 is 8.60 Å². The molecule has 0 fully saturated rings. The Labute approximate surface area is 231 Å². The molecule has 0 radical (unpaired) electrons. The third-order valence-corrected chi connectivity index (χ3v) is 2.53. The molecule has 0 bridgehead atoms. The molecule has 28 heavy (non-hydrogen) atoms. The Kier molecular flexibility index (Phi) is 32.4. The fourth-order valence-electron chi connectivity index (χ4n) is 1.43. The van der Waals surface area contributed by atoms with Crippen molar-refractivity contribution in [2.75, 3.05) is 0 Å². The van der Waals surface area contributed by atoms with Crippen LogP contribution in [-0.2, 0) is 81.9 Å². The summed E-state index contributed by atoms with van der Waals surface area (Å²) in [5, 5.41) is 0. The molecule has 0 heterocycles. The van der Waals surface area contributed by atoms with E-state index in [1.807, 2.05) is 91.0 Å². The van der Waals surface area contributed by atoms with Gasteiger partial charge < -0.3 is 23.3 Å². The summed E-state index contributed by atoms with van der Waals surface area (Å²) in [5.41, 5.74) is 3.22. The molecule has 0 aliphatic heterocycles. The molecule has 0 saturated carbocycles. The van der Waals surface area contributed by atoms with Gasteiger partial charge in [-0.1, -0.05) is 18.2 Å². The third-order valence-electron chi connectivity index (χ3n) is 2.53. The zero-order chi connectivity index (χ0) is 18.9. The normalized spacial score (nSPS) is 7.71. The van der Waals surface area contributed by atoms with Crippen molar-refractivity contribution >= 4 is 8.60 Å². The first-order chi connectivity index (χ1) is 11.9. The van der Waals surface area contributed by atoms with Crippen LogP contribution in [0.2, 0.25) is 0 Å². The number of hydrogen-bond acceptors (Lipinski definition) is 3. The first kappa shape index (κ1) is 35.8. The van der Waals surface area contributed by atoms with Crippen LogP contribution in [0.25, 0.3) is 0 Å². The van der Waals surface area contributed by atoms with Gasteiger partial charge in [-0.15, -0.1) is 36.4 Å². The summed E-state index contributed by atoms with van der Waals surface area (Å²) in [6, 6.07) is 29.6. The van der Waals surface area contributed by atoms with Gasteiger partial charge >= 0.3 is 81.9 Å². The summed E-state index contributed by atoms with van der Waals surface area (Å²) in [5.74, 6) is 0. The SMILES string of the molecule is [CH2-]c1ccccc1.[CH2-]c1ccccc1.[CH2-]c1ccccc1.[Cd+2].[Cd+2].[Cd+2].[O-]P([O-])[O-]. The molecule has 0 atom stereocenters. The smallest absolute Gasteiger partial charge is 0.854 e. The fraction of sp³-hybridized carbons (Fsp3) is 0. The summed E-state index contributed by atoms with van der Waals surface area (Å²) in [4.78, 5) is 25.4. The average Bonchev–Trinajstić information content (AvgIpc) is 2.58. The topological polar surface area (TPSA) is 69.2 Å². The van der Waals surface area contributed by atoms with Crippen LogP contribution in [0.5, 0.6) is 0 Å². The second-order valence-corrected chi connectivity index (χ2v) is 5.13. The van der Waals surface area contributed by atoms with Gasteiger partial charge in [0, 0.05) is 0 Å². The number of hydrogen-bond donors (Lipinski definition) is 0. The molecule has 0 N–H and O–H groups in total. The summed E-state index contributed by atoms with van der Waals surface area (Å²) in [6.07, 6.45) is 0. The Hall–Kier alpha value is 0.346. The van der Waals surface area contributed by atoms with Gasteiger partial charge in [0.1, 0.15) is 0 Å². The molecule has 0 amide bonds. The predicted octanol–water partition coefficient (Wildman–Crippen LogP) is 2.89. The standard InChI is InChI=1S/3C7H7.3Cd.O3P/c3*1-7-5-3-2-4-6-7;;;;1-4(2)3/h3*2-6H,1H2;;;;/q3*-1;3*+2;-3. The van der Waals surface area contributed by atoms with Crippen LogP contribution in [0.15, 0.2) is 91.0 Å². The van der Waals surface area contributed by atoms with Gasteiger partial charge in [-0.3, -0.25) is 0 Å². The molecular formula is C21H21Cd3O3P. The Bertz CT molecular complexity index is 551. The Morgan fingerprint density at radius 1 is 0.429 bits per heavy atom. The van der Waals surface area contributed by atoms with E-state index in [9.17, 15) is 0 Å². The minimum atomic E-state index is -3.37. The first-order valence-corrected chi connectivity index (χ1v) is 8.44. The predicted molar refractivity (Wildman–Crippen MR) is 99.6 cm³/mol. The van der Waals surface area contributed by atoms with Gasteiger partial charge in [0.15, 0.2) is 0 Å². The summed E-state index contributed by atoms with van der Waals surface area (Å²) >= 11 is 0. The molecule has 7 heteroatoms. The molecule has 134 valence electrons. The van der Waals surface area contributed by atoms with Gasteiger partial charge in [0.05, 0.1) is 0 Å². The first-order valence-electron chi connectivity index (χ1n) is 7.34. The van der Waals surface area contributed by atoms with Crippen molar-refractivity contribution < 1.29 is 96.6 Å². The van der Waals surface area contributed by atoms with Crippen LogP contribution in [0.4, 0.5) is 0 Å². The maximum absolute atomic E-state index is 8.48. The van der Waals surface area contributed by atoms with E-state index in [0.717, 1.165) is 16.7 Å². The average molecular weight is 690 g/mol. The monoisotopic (exact) mass is 694 g/mol. The van der Waals surface area contributed by atoms with Crippen LogP contribution in [0, 0.1) is 20.8 Å². The zero-order valence-corrected chi connectivity index (χ0v) is 29.1. The summed E-state index contributed by atoms with van der Waals surface area (Å²) in [6.45, 7) is 11.2. The van der Waals surface area contributed by atoms with Crippen molar-refractivity contribution in [1.82, 2.24) is 0 Å². The number of benzene rings is 3. The van der Waals surface area contributed by atoms with E-state index in [1.165, 1.54) is 0 Å². The fourth-order valence-corrected chi connectivity index (χ4v) is 1.43. The molecule has 3 aromatic rings. The van der Waals surface area contributed by atoms with E-state index in [0.29, 0.717) is 0 Å². The number of rotatable bonds is 0. The molecular weight excluding hydrogens is 668 g/mol.